The van der Waals surface area contributed by atoms with Crippen LogP contribution in [0.1, 0.15) is 21.5 Å². The van der Waals surface area contributed by atoms with Crippen LogP contribution in [0.15, 0.2) is 77.9 Å². The number of rotatable bonds is 4. The number of benzene rings is 3. The van der Waals surface area contributed by atoms with E-state index >= 15 is 0 Å². The van der Waals surface area contributed by atoms with E-state index in [1.807, 2.05) is 55.5 Å². The summed E-state index contributed by atoms with van der Waals surface area (Å²) in [6, 6.07) is 21.2. The molecule has 0 unspecified atom stereocenters. The Morgan fingerprint density at radius 3 is 2.53 bits per heavy atom. The third kappa shape index (κ3) is 3.98. The molecule has 1 heterocycles. The van der Waals surface area contributed by atoms with E-state index in [0.29, 0.717) is 27.7 Å². The summed E-state index contributed by atoms with van der Waals surface area (Å²) in [6.45, 7) is 2.01. The summed E-state index contributed by atoms with van der Waals surface area (Å²) in [5.74, 6) is -0.582. The summed E-state index contributed by atoms with van der Waals surface area (Å²) in [5, 5.41) is 23.8. The number of para-hydroxylation sites is 1. The van der Waals surface area contributed by atoms with Gasteiger partial charge < -0.3 is 10.2 Å². The van der Waals surface area contributed by atoms with Crippen molar-refractivity contribution in [3.8, 4) is 22.8 Å². The van der Waals surface area contributed by atoms with Crippen LogP contribution in [0, 0.1) is 6.92 Å². The molecule has 0 aliphatic carbocycles. The van der Waals surface area contributed by atoms with Gasteiger partial charge in [-0.05, 0) is 31.2 Å². The number of aromatic hydroxyl groups is 2. The summed E-state index contributed by atoms with van der Waals surface area (Å²) in [5.41, 5.74) is 6.77. The van der Waals surface area contributed by atoms with Crippen molar-refractivity contribution in [1.29, 1.82) is 0 Å². The third-order valence-corrected chi connectivity index (χ3v) is 4.69. The Bertz CT molecular complexity index is 1260. The number of amides is 1. The number of nitrogens with zero attached hydrogens (tertiary/aromatic N) is 2. The van der Waals surface area contributed by atoms with Gasteiger partial charge in [-0.25, -0.2) is 10.4 Å². The second-order valence-corrected chi connectivity index (χ2v) is 6.88. The lowest BCUT2D eigenvalue weighted by Crippen LogP contribution is -2.18. The van der Waals surface area contributed by atoms with Gasteiger partial charge in [-0.15, -0.1) is 0 Å². The molecule has 0 aliphatic rings. The van der Waals surface area contributed by atoms with Gasteiger partial charge in [0.25, 0.3) is 5.91 Å². The number of phenolic OH excluding ortho intramolecular Hbond substituents is 2. The molecule has 6 nitrogen and oxygen atoms in total. The lowest BCUT2D eigenvalue weighted by Gasteiger charge is -2.09. The molecule has 148 valence electrons. The fraction of sp³-hybridized carbons (Fsp3) is 0.0417. The topological polar surface area (TPSA) is 94.8 Å². The first-order chi connectivity index (χ1) is 14.5. The molecule has 4 aromatic rings. The summed E-state index contributed by atoms with van der Waals surface area (Å²) >= 11 is 0. The SMILES string of the molecule is Cc1ccc(-c2cc(C(=O)NN=Cc3ccc(O)cc3O)c3ccccc3n2)cc1. The van der Waals surface area contributed by atoms with E-state index in [0.717, 1.165) is 11.1 Å². The highest BCUT2D eigenvalue weighted by atomic mass is 16.3. The molecule has 0 bridgehead atoms. The summed E-state index contributed by atoms with van der Waals surface area (Å²) in [4.78, 5) is 17.6. The maximum absolute atomic E-state index is 12.9. The highest BCUT2D eigenvalue weighted by Crippen LogP contribution is 2.25. The van der Waals surface area contributed by atoms with Crippen LogP contribution in [0.3, 0.4) is 0 Å². The first kappa shape index (κ1) is 19.1. The summed E-state index contributed by atoms with van der Waals surface area (Å²) in [6.07, 6.45) is 1.32. The van der Waals surface area contributed by atoms with Crippen LogP contribution in [-0.4, -0.2) is 27.3 Å². The van der Waals surface area contributed by atoms with Gasteiger partial charge in [0.2, 0.25) is 0 Å². The zero-order valence-electron chi connectivity index (χ0n) is 16.2. The number of fused-ring (bicyclic) bond motifs is 1. The molecule has 1 amide bonds. The standard InChI is InChI=1S/C24H19N3O3/c1-15-6-8-16(9-7-15)22-13-20(19-4-2-3-5-21(19)26-22)24(30)27-25-14-17-10-11-18(28)12-23(17)29/h2-14,28-29H,1H3,(H,27,30). The Morgan fingerprint density at radius 1 is 1.00 bits per heavy atom. The molecule has 0 saturated heterocycles. The fourth-order valence-electron chi connectivity index (χ4n) is 3.10. The second-order valence-electron chi connectivity index (χ2n) is 6.88. The monoisotopic (exact) mass is 397 g/mol. The number of aryl methyl sites for hydroxylation is 1. The predicted molar refractivity (Wildman–Crippen MR) is 117 cm³/mol. The number of hydrogen-bond acceptors (Lipinski definition) is 5. The van der Waals surface area contributed by atoms with Crippen molar-refractivity contribution >= 4 is 23.0 Å². The number of nitrogens with one attached hydrogen (secondary N) is 1. The molecule has 0 aliphatic heterocycles. The number of phenols is 2. The molecule has 3 N–H and O–H groups in total. The zero-order chi connectivity index (χ0) is 21.1. The van der Waals surface area contributed by atoms with Crippen molar-refractivity contribution in [3.63, 3.8) is 0 Å². The van der Waals surface area contributed by atoms with E-state index in [-0.39, 0.29) is 11.5 Å². The molecule has 0 spiro atoms. The average molecular weight is 397 g/mol. The zero-order valence-corrected chi connectivity index (χ0v) is 16.2. The Hall–Kier alpha value is -4.19. The van der Waals surface area contributed by atoms with Crippen LogP contribution < -0.4 is 5.43 Å². The van der Waals surface area contributed by atoms with Gasteiger partial charge in [0.05, 0.1) is 23.0 Å². The smallest absolute Gasteiger partial charge is 0.272 e. The van der Waals surface area contributed by atoms with Gasteiger partial charge in [0.1, 0.15) is 11.5 Å². The molecule has 3 aromatic carbocycles. The maximum atomic E-state index is 12.9. The first-order valence-electron chi connectivity index (χ1n) is 9.33. The number of carbonyl (C=O) groups is 1. The van der Waals surface area contributed by atoms with Gasteiger partial charge in [-0.3, -0.25) is 4.79 Å². The molecule has 0 fully saturated rings. The molecular formula is C24H19N3O3. The van der Waals surface area contributed by atoms with E-state index in [2.05, 4.69) is 10.5 Å². The Labute approximate surface area is 173 Å². The number of pyridine rings is 1. The minimum absolute atomic E-state index is 0.0550. The Kier molecular flexibility index (Phi) is 5.13. The molecule has 1 aromatic heterocycles. The fourth-order valence-corrected chi connectivity index (χ4v) is 3.10. The summed E-state index contributed by atoms with van der Waals surface area (Å²) < 4.78 is 0. The molecule has 0 radical (unpaired) electrons. The van der Waals surface area contributed by atoms with Crippen molar-refractivity contribution in [1.82, 2.24) is 10.4 Å². The van der Waals surface area contributed by atoms with Crippen molar-refractivity contribution in [2.45, 2.75) is 6.92 Å². The number of hydrazone groups is 1. The van der Waals surface area contributed by atoms with Crippen LogP contribution in [-0.2, 0) is 0 Å². The number of hydrogen-bond donors (Lipinski definition) is 3. The Morgan fingerprint density at radius 2 is 1.77 bits per heavy atom. The van der Waals surface area contributed by atoms with Crippen molar-refractivity contribution in [2.24, 2.45) is 5.10 Å². The first-order valence-corrected chi connectivity index (χ1v) is 9.33. The normalized spacial score (nSPS) is 11.1. The van der Waals surface area contributed by atoms with Crippen LogP contribution in [0.2, 0.25) is 0 Å². The molecule has 6 heteroatoms. The van der Waals surface area contributed by atoms with Gasteiger partial charge >= 0.3 is 0 Å². The van der Waals surface area contributed by atoms with Gasteiger partial charge in [0.15, 0.2) is 0 Å². The van der Waals surface area contributed by atoms with Crippen molar-refractivity contribution < 1.29 is 15.0 Å². The van der Waals surface area contributed by atoms with E-state index in [9.17, 15) is 15.0 Å². The maximum Gasteiger partial charge on any atom is 0.272 e. The van der Waals surface area contributed by atoms with E-state index in [4.69, 9.17) is 4.98 Å². The molecule has 4 rings (SSSR count). The highest BCUT2D eigenvalue weighted by molar-refractivity contribution is 6.07. The van der Waals surface area contributed by atoms with Gasteiger partial charge in [-0.2, -0.15) is 5.10 Å². The lowest BCUT2D eigenvalue weighted by molar-refractivity contribution is 0.0956. The lowest BCUT2D eigenvalue weighted by atomic mass is 10.0. The third-order valence-electron chi connectivity index (χ3n) is 4.69. The quantitative estimate of drug-likeness (QED) is 0.352. The summed E-state index contributed by atoms with van der Waals surface area (Å²) in [7, 11) is 0. The van der Waals surface area contributed by atoms with E-state index in [1.165, 1.54) is 24.4 Å². The minimum Gasteiger partial charge on any atom is -0.508 e. The van der Waals surface area contributed by atoms with Crippen molar-refractivity contribution in [3.05, 3.63) is 89.5 Å². The highest BCUT2D eigenvalue weighted by Gasteiger charge is 2.13. The minimum atomic E-state index is -0.392. The number of carbonyl (C=O) groups excluding carboxylic acids is 1. The van der Waals surface area contributed by atoms with E-state index in [1.54, 1.807) is 6.07 Å². The number of aromatic nitrogens is 1. The molecule has 0 atom stereocenters. The van der Waals surface area contributed by atoms with Gasteiger partial charge in [0, 0.05) is 22.6 Å². The average Bonchev–Trinajstić information content (AvgIpc) is 2.75. The van der Waals surface area contributed by atoms with Crippen molar-refractivity contribution in [2.75, 3.05) is 0 Å². The van der Waals surface area contributed by atoms with Gasteiger partial charge in [-0.1, -0.05) is 48.0 Å². The Balaban J connectivity index is 1.67. The second kappa shape index (κ2) is 8.05. The predicted octanol–water partition coefficient (Wildman–Crippen LogP) is 4.39. The van der Waals surface area contributed by atoms with Crippen LogP contribution in [0.5, 0.6) is 11.5 Å². The largest absolute Gasteiger partial charge is 0.508 e. The molecule has 30 heavy (non-hydrogen) atoms. The van der Waals surface area contributed by atoms with Crippen LogP contribution in [0.4, 0.5) is 0 Å². The molecular weight excluding hydrogens is 378 g/mol. The van der Waals surface area contributed by atoms with Crippen LogP contribution in [0.25, 0.3) is 22.2 Å². The van der Waals surface area contributed by atoms with Crippen LogP contribution >= 0.6 is 0 Å². The van der Waals surface area contributed by atoms with E-state index < -0.39 is 5.91 Å². The molecule has 0 saturated carbocycles.